The highest BCUT2D eigenvalue weighted by atomic mass is 16.6. The molecule has 0 N–H and O–H groups in total. The van der Waals surface area contributed by atoms with Crippen LogP contribution in [0.1, 0.15) is 207 Å². The van der Waals surface area contributed by atoms with Crippen molar-refractivity contribution >= 4 is 17.9 Å². The number of esters is 3. The molecule has 0 aromatic heterocycles. The zero-order chi connectivity index (χ0) is 42.3. The molecule has 0 radical (unpaired) electrons. The number of hydrogen-bond donors (Lipinski definition) is 0. The zero-order valence-corrected chi connectivity index (χ0v) is 37.5. The van der Waals surface area contributed by atoms with Gasteiger partial charge in [-0.15, -0.1) is 0 Å². The fourth-order valence-electron chi connectivity index (χ4n) is 6.12. The Kier molecular flexibility index (Phi) is 43.6. The number of unbranched alkanes of at least 4 members (excludes halogenated alkanes) is 16. The molecule has 0 saturated carbocycles. The highest BCUT2D eigenvalue weighted by Gasteiger charge is 2.19. The van der Waals surface area contributed by atoms with E-state index in [1.807, 2.05) is 6.08 Å². The maximum absolute atomic E-state index is 12.7. The van der Waals surface area contributed by atoms with Crippen LogP contribution in [-0.4, -0.2) is 37.2 Å². The number of ether oxygens (including phenoxy) is 3. The van der Waals surface area contributed by atoms with Crippen LogP contribution in [0.4, 0.5) is 0 Å². The Morgan fingerprint density at radius 1 is 0.362 bits per heavy atom. The van der Waals surface area contributed by atoms with E-state index in [0.717, 1.165) is 70.6 Å². The van der Waals surface area contributed by atoms with Crippen molar-refractivity contribution in [1.29, 1.82) is 0 Å². The van der Waals surface area contributed by atoms with E-state index in [2.05, 4.69) is 99.8 Å². The molecule has 6 nitrogen and oxygen atoms in total. The molecule has 6 heteroatoms. The van der Waals surface area contributed by atoms with E-state index in [1.165, 1.54) is 83.5 Å². The minimum atomic E-state index is -0.826. The average Bonchev–Trinajstić information content (AvgIpc) is 3.22. The van der Waals surface area contributed by atoms with Gasteiger partial charge in [-0.1, -0.05) is 196 Å². The van der Waals surface area contributed by atoms with Crippen LogP contribution in [0.15, 0.2) is 85.1 Å². The van der Waals surface area contributed by atoms with E-state index >= 15 is 0 Å². The van der Waals surface area contributed by atoms with Crippen molar-refractivity contribution in [3.05, 3.63) is 85.1 Å². The Morgan fingerprint density at radius 2 is 0.724 bits per heavy atom. The first-order valence-corrected chi connectivity index (χ1v) is 23.6. The highest BCUT2D eigenvalue weighted by molar-refractivity contribution is 5.71. The lowest BCUT2D eigenvalue weighted by Gasteiger charge is -2.18. The minimum Gasteiger partial charge on any atom is -0.462 e. The van der Waals surface area contributed by atoms with Crippen LogP contribution >= 0.6 is 0 Å². The minimum absolute atomic E-state index is 0.116. The van der Waals surface area contributed by atoms with Gasteiger partial charge in [0.05, 0.1) is 0 Å². The summed E-state index contributed by atoms with van der Waals surface area (Å²) < 4.78 is 16.6. The Labute approximate surface area is 356 Å². The smallest absolute Gasteiger partial charge is 0.306 e. The molecule has 1 atom stereocenters. The van der Waals surface area contributed by atoms with Crippen molar-refractivity contribution in [2.75, 3.05) is 13.2 Å². The third-order valence-corrected chi connectivity index (χ3v) is 9.65. The Balaban J connectivity index is 4.53. The van der Waals surface area contributed by atoms with Crippen LogP contribution in [0.5, 0.6) is 0 Å². The van der Waals surface area contributed by atoms with E-state index in [1.54, 1.807) is 0 Å². The topological polar surface area (TPSA) is 78.9 Å². The zero-order valence-electron chi connectivity index (χ0n) is 37.5. The molecule has 0 rings (SSSR count). The van der Waals surface area contributed by atoms with Crippen LogP contribution in [0.3, 0.4) is 0 Å². The van der Waals surface area contributed by atoms with Crippen molar-refractivity contribution in [1.82, 2.24) is 0 Å². The van der Waals surface area contributed by atoms with Crippen molar-refractivity contribution < 1.29 is 28.6 Å². The molecule has 0 aromatic rings. The van der Waals surface area contributed by atoms with Gasteiger partial charge < -0.3 is 14.2 Å². The Hall–Kier alpha value is -3.41. The second-order valence-electron chi connectivity index (χ2n) is 15.3. The molecule has 58 heavy (non-hydrogen) atoms. The van der Waals surface area contributed by atoms with Crippen LogP contribution in [0.25, 0.3) is 0 Å². The molecule has 0 fully saturated rings. The number of rotatable bonds is 41. The Bertz CT molecular complexity index is 1160. The van der Waals surface area contributed by atoms with Gasteiger partial charge in [0, 0.05) is 19.3 Å². The van der Waals surface area contributed by atoms with E-state index < -0.39 is 12.1 Å². The van der Waals surface area contributed by atoms with Gasteiger partial charge >= 0.3 is 17.9 Å². The number of hydrogen-bond acceptors (Lipinski definition) is 6. The fourth-order valence-corrected chi connectivity index (χ4v) is 6.12. The molecular weight excluding hydrogens is 721 g/mol. The van der Waals surface area contributed by atoms with Gasteiger partial charge in [-0.25, -0.2) is 0 Å². The first kappa shape index (κ1) is 54.6. The fraction of sp³-hybridized carbons (Fsp3) is 0.673. The molecule has 0 aliphatic carbocycles. The Morgan fingerprint density at radius 3 is 1.19 bits per heavy atom. The molecule has 1 unspecified atom stereocenters. The molecule has 0 heterocycles. The van der Waals surface area contributed by atoms with Gasteiger partial charge in [-0.2, -0.15) is 0 Å². The lowest BCUT2D eigenvalue weighted by atomic mass is 10.1. The monoisotopic (exact) mass is 807 g/mol. The summed E-state index contributed by atoms with van der Waals surface area (Å²) >= 11 is 0. The van der Waals surface area contributed by atoms with E-state index in [9.17, 15) is 14.4 Å². The summed E-state index contributed by atoms with van der Waals surface area (Å²) in [6, 6.07) is 0. The predicted molar refractivity (Wildman–Crippen MR) is 247 cm³/mol. The van der Waals surface area contributed by atoms with Crippen molar-refractivity contribution in [3.63, 3.8) is 0 Å². The number of allylic oxidation sites excluding steroid dienone is 14. The van der Waals surface area contributed by atoms with Gasteiger partial charge in [0.2, 0.25) is 0 Å². The second kappa shape index (κ2) is 46.3. The number of carbonyl (C=O) groups is 3. The molecule has 0 amide bonds. The van der Waals surface area contributed by atoms with E-state index in [-0.39, 0.29) is 38.0 Å². The quantitative estimate of drug-likeness (QED) is 0.0265. The lowest BCUT2D eigenvalue weighted by Crippen LogP contribution is -2.30. The molecular formula is C52H86O6. The summed E-state index contributed by atoms with van der Waals surface area (Å²) in [6.07, 6.45) is 58.7. The molecule has 0 aliphatic rings. The SMILES string of the molecule is CC/C=C\C/C=C\C/C=C\C/C=C\C/C=C\CCCC(=O)OCC(COC(=O)CCCCCCCCCCCC)OC(=O)CC/C=C\C/C=C\CCCCCCCC. The van der Waals surface area contributed by atoms with Gasteiger partial charge in [0.1, 0.15) is 13.2 Å². The maximum atomic E-state index is 12.7. The summed E-state index contributed by atoms with van der Waals surface area (Å²) in [6.45, 7) is 6.38. The molecule has 0 saturated heterocycles. The van der Waals surface area contributed by atoms with E-state index in [0.29, 0.717) is 19.3 Å². The predicted octanol–water partition coefficient (Wildman–Crippen LogP) is 15.3. The van der Waals surface area contributed by atoms with Gasteiger partial charge in [0.25, 0.3) is 0 Å². The molecule has 330 valence electrons. The van der Waals surface area contributed by atoms with Crippen LogP contribution in [0.2, 0.25) is 0 Å². The summed E-state index contributed by atoms with van der Waals surface area (Å²) in [5.74, 6) is -1.05. The standard InChI is InChI=1S/C52H86O6/c1-4-7-10-13-16-19-22-24-25-26-27-29-30-33-36-39-42-45-51(54)57-48-49(47-56-50(53)44-41-38-35-32-21-18-15-12-9-6-3)58-52(55)46-43-40-37-34-31-28-23-20-17-14-11-8-5-2/h7,10,16,19,24-25,27-29,31,33,36-37,40,49H,4-6,8-9,11-15,17-18,20-23,26,30,32,34-35,38-39,41-48H2,1-3H3/b10-7-,19-16-,25-24-,29-27-,31-28-,36-33-,40-37-. The summed E-state index contributed by atoms with van der Waals surface area (Å²) in [5, 5.41) is 0. The largest absolute Gasteiger partial charge is 0.462 e. The van der Waals surface area contributed by atoms with Crippen LogP contribution < -0.4 is 0 Å². The highest BCUT2D eigenvalue weighted by Crippen LogP contribution is 2.13. The van der Waals surface area contributed by atoms with Crippen molar-refractivity contribution in [2.24, 2.45) is 0 Å². The second-order valence-corrected chi connectivity index (χ2v) is 15.3. The molecule has 0 aliphatic heterocycles. The molecule has 0 bridgehead atoms. The van der Waals surface area contributed by atoms with Crippen LogP contribution in [-0.2, 0) is 28.6 Å². The summed E-state index contributed by atoms with van der Waals surface area (Å²) in [7, 11) is 0. The molecule has 0 spiro atoms. The average molecular weight is 807 g/mol. The van der Waals surface area contributed by atoms with Gasteiger partial charge in [0.15, 0.2) is 6.10 Å². The van der Waals surface area contributed by atoms with Gasteiger partial charge in [-0.05, 0) is 77.0 Å². The maximum Gasteiger partial charge on any atom is 0.306 e. The van der Waals surface area contributed by atoms with Crippen molar-refractivity contribution in [2.45, 2.75) is 213 Å². The first-order valence-electron chi connectivity index (χ1n) is 23.6. The third-order valence-electron chi connectivity index (χ3n) is 9.65. The van der Waals surface area contributed by atoms with Crippen LogP contribution in [0, 0.1) is 0 Å². The van der Waals surface area contributed by atoms with E-state index in [4.69, 9.17) is 14.2 Å². The lowest BCUT2D eigenvalue weighted by molar-refractivity contribution is -0.166. The normalized spacial score (nSPS) is 12.8. The number of carbonyl (C=O) groups excluding carboxylic acids is 3. The molecule has 0 aromatic carbocycles. The third kappa shape index (κ3) is 43.7. The summed E-state index contributed by atoms with van der Waals surface area (Å²) in [4.78, 5) is 37.7. The summed E-state index contributed by atoms with van der Waals surface area (Å²) in [5.41, 5.74) is 0. The van der Waals surface area contributed by atoms with Crippen molar-refractivity contribution in [3.8, 4) is 0 Å². The first-order chi connectivity index (χ1) is 28.5. The van der Waals surface area contributed by atoms with Gasteiger partial charge in [-0.3, -0.25) is 14.4 Å².